The molecule has 4 rings (SSSR count). The van der Waals surface area contributed by atoms with Crippen LogP contribution in [-0.4, -0.2) is 15.7 Å². The molecule has 0 amide bonds. The number of aromatic nitrogens is 4. The number of pyridine rings is 4. The average Bonchev–Trinajstić information content (AvgIpc) is 2.97. The Labute approximate surface area is 240 Å². The van der Waals surface area contributed by atoms with Crippen molar-refractivity contribution in [3.63, 3.8) is 0 Å². The van der Waals surface area contributed by atoms with Gasteiger partial charge in [-0.15, -0.1) is 0 Å². The van der Waals surface area contributed by atoms with Gasteiger partial charge in [0, 0.05) is 49.5 Å². The van der Waals surface area contributed by atoms with Gasteiger partial charge in [-0.05, 0) is 92.3 Å². The summed E-state index contributed by atoms with van der Waals surface area (Å²) in [5, 5.41) is 0. The Hall–Kier alpha value is -3.05. The lowest BCUT2D eigenvalue weighted by atomic mass is 10.0. The minimum Gasteiger partial charge on any atom is -0.255 e. The highest BCUT2D eigenvalue weighted by atomic mass is 32.1. The standard InChI is InChI=1S/C34H43N4S/c1-29-18-20-35-31(27-29)32-28-30(19-21-36-32)15-7-3-2-4-10-22-37-24-12-8-16-33(37)34-17-9-13-25-38(34)23-11-5-6-14-26-39/h8-9,12-13,16-21,24-25,27-28H,2-7,10-11,14-15,22-23,26H2,1H3/q+1/p+1. The molecule has 0 aromatic carbocycles. The molecule has 0 bridgehead atoms. The van der Waals surface area contributed by atoms with E-state index in [1.54, 1.807) is 0 Å². The predicted molar refractivity (Wildman–Crippen MR) is 164 cm³/mol. The third-order valence-electron chi connectivity index (χ3n) is 7.32. The van der Waals surface area contributed by atoms with E-state index >= 15 is 0 Å². The van der Waals surface area contributed by atoms with E-state index in [4.69, 9.17) is 0 Å². The van der Waals surface area contributed by atoms with Crippen molar-refractivity contribution < 1.29 is 9.13 Å². The van der Waals surface area contributed by atoms with Gasteiger partial charge in [0.2, 0.25) is 0 Å². The van der Waals surface area contributed by atoms with E-state index < -0.39 is 0 Å². The van der Waals surface area contributed by atoms with Gasteiger partial charge in [0.25, 0.3) is 11.4 Å². The molecule has 39 heavy (non-hydrogen) atoms. The molecule has 4 aromatic rings. The Morgan fingerprint density at radius 3 is 1.82 bits per heavy atom. The van der Waals surface area contributed by atoms with Gasteiger partial charge in [0.15, 0.2) is 12.4 Å². The molecule has 5 heteroatoms. The summed E-state index contributed by atoms with van der Waals surface area (Å²) in [5.41, 5.74) is 7.12. The first kappa shape index (κ1) is 28.9. The Morgan fingerprint density at radius 1 is 0.615 bits per heavy atom. The Morgan fingerprint density at radius 2 is 1.18 bits per heavy atom. The first-order valence-corrected chi connectivity index (χ1v) is 15.3. The van der Waals surface area contributed by atoms with Gasteiger partial charge < -0.3 is 0 Å². The molecule has 0 aliphatic heterocycles. The fourth-order valence-corrected chi connectivity index (χ4v) is 5.37. The summed E-state index contributed by atoms with van der Waals surface area (Å²) in [5.74, 6) is 0.992. The molecule has 0 N–H and O–H groups in total. The summed E-state index contributed by atoms with van der Waals surface area (Å²) in [6.07, 6.45) is 20.5. The largest absolute Gasteiger partial charge is 0.277 e. The molecule has 0 aliphatic rings. The lowest BCUT2D eigenvalue weighted by Crippen LogP contribution is -2.42. The molecular formula is C34H44N4S+2. The van der Waals surface area contributed by atoms with Crippen molar-refractivity contribution in [3.8, 4) is 22.8 Å². The number of rotatable bonds is 16. The number of hydrogen-bond acceptors (Lipinski definition) is 3. The predicted octanol–water partition coefficient (Wildman–Crippen LogP) is 7.38. The van der Waals surface area contributed by atoms with Gasteiger partial charge in [-0.1, -0.05) is 19.3 Å². The van der Waals surface area contributed by atoms with Crippen molar-refractivity contribution in [2.45, 2.75) is 84.2 Å². The normalized spacial score (nSPS) is 11.1. The van der Waals surface area contributed by atoms with Gasteiger partial charge >= 0.3 is 0 Å². The maximum Gasteiger partial charge on any atom is 0.277 e. The van der Waals surface area contributed by atoms with Crippen LogP contribution in [0.5, 0.6) is 0 Å². The van der Waals surface area contributed by atoms with Crippen LogP contribution in [0.1, 0.15) is 68.9 Å². The molecule has 0 unspecified atom stereocenters. The molecule has 4 nitrogen and oxygen atoms in total. The van der Waals surface area contributed by atoms with Crippen molar-refractivity contribution >= 4 is 12.6 Å². The van der Waals surface area contributed by atoms with Crippen LogP contribution >= 0.6 is 12.6 Å². The molecule has 0 spiro atoms. The van der Waals surface area contributed by atoms with Gasteiger partial charge in [-0.25, -0.2) is 0 Å². The zero-order valence-electron chi connectivity index (χ0n) is 23.5. The van der Waals surface area contributed by atoms with Crippen molar-refractivity contribution in [2.24, 2.45) is 0 Å². The van der Waals surface area contributed by atoms with E-state index in [0.29, 0.717) is 0 Å². The van der Waals surface area contributed by atoms with Crippen molar-refractivity contribution in [3.05, 3.63) is 96.6 Å². The summed E-state index contributed by atoms with van der Waals surface area (Å²) < 4.78 is 4.86. The second-order valence-corrected chi connectivity index (χ2v) is 10.9. The van der Waals surface area contributed by atoms with Gasteiger partial charge in [-0.3, -0.25) is 9.97 Å². The van der Waals surface area contributed by atoms with Gasteiger partial charge in [0.05, 0.1) is 11.4 Å². The third-order valence-corrected chi connectivity index (χ3v) is 7.63. The van der Waals surface area contributed by atoms with Crippen LogP contribution in [0.25, 0.3) is 22.8 Å². The molecule has 0 fully saturated rings. The fraction of sp³-hybridized carbons (Fsp3) is 0.412. The minimum absolute atomic E-state index is 0.958. The zero-order chi connectivity index (χ0) is 27.1. The van der Waals surface area contributed by atoms with E-state index in [9.17, 15) is 0 Å². The van der Waals surface area contributed by atoms with E-state index in [0.717, 1.165) is 36.7 Å². The van der Waals surface area contributed by atoms with Crippen LogP contribution in [0.3, 0.4) is 0 Å². The minimum atomic E-state index is 0.958. The molecule has 0 aliphatic carbocycles. The third kappa shape index (κ3) is 9.28. The van der Waals surface area contributed by atoms with Crippen LogP contribution in [0, 0.1) is 6.92 Å². The molecule has 4 aromatic heterocycles. The first-order chi connectivity index (χ1) is 19.2. The van der Waals surface area contributed by atoms with Crippen molar-refractivity contribution in [1.29, 1.82) is 0 Å². The van der Waals surface area contributed by atoms with Crippen LogP contribution in [0.15, 0.2) is 85.5 Å². The first-order valence-electron chi connectivity index (χ1n) is 14.7. The topological polar surface area (TPSA) is 33.5 Å². The maximum atomic E-state index is 4.54. The lowest BCUT2D eigenvalue weighted by molar-refractivity contribution is -0.715. The highest BCUT2D eigenvalue weighted by Gasteiger charge is 2.21. The maximum absolute atomic E-state index is 4.54. The highest BCUT2D eigenvalue weighted by Crippen LogP contribution is 2.18. The summed E-state index contributed by atoms with van der Waals surface area (Å²) in [4.78, 5) is 9.03. The highest BCUT2D eigenvalue weighted by molar-refractivity contribution is 7.80. The molecule has 0 saturated heterocycles. The van der Waals surface area contributed by atoms with Crippen LogP contribution in [-0.2, 0) is 19.5 Å². The van der Waals surface area contributed by atoms with Crippen molar-refractivity contribution in [1.82, 2.24) is 9.97 Å². The molecule has 0 atom stereocenters. The molecule has 204 valence electrons. The Kier molecular flexibility index (Phi) is 12.0. The SMILES string of the molecule is Cc1ccnc(-c2cc(CCCCCCC[n+]3ccccc3-c3cccc[n+]3CCCCCCS)ccn2)c1. The quantitative estimate of drug-likeness (QED) is 0.0914. The number of aryl methyl sites for hydroxylation is 4. The number of thiol groups is 1. The van der Waals surface area contributed by atoms with E-state index in [1.165, 1.54) is 80.3 Å². The number of unbranched alkanes of at least 4 members (excludes halogenated alkanes) is 7. The summed E-state index contributed by atoms with van der Waals surface area (Å²) in [6, 6.07) is 21.6. The Bertz CT molecular complexity index is 1290. The van der Waals surface area contributed by atoms with E-state index in [-0.39, 0.29) is 0 Å². The second-order valence-electron chi connectivity index (χ2n) is 10.5. The summed E-state index contributed by atoms with van der Waals surface area (Å²) >= 11 is 4.34. The van der Waals surface area contributed by atoms with E-state index in [1.807, 2.05) is 18.5 Å². The monoisotopic (exact) mass is 540 g/mol. The smallest absolute Gasteiger partial charge is 0.255 e. The Balaban J connectivity index is 1.22. The average molecular weight is 541 g/mol. The van der Waals surface area contributed by atoms with Gasteiger partial charge in [-0.2, -0.15) is 21.8 Å². The fourth-order valence-electron chi connectivity index (χ4n) is 5.14. The van der Waals surface area contributed by atoms with Crippen molar-refractivity contribution in [2.75, 3.05) is 5.75 Å². The number of nitrogens with zero attached hydrogens (tertiary/aromatic N) is 4. The van der Waals surface area contributed by atoms with Gasteiger partial charge in [0.1, 0.15) is 13.1 Å². The zero-order valence-corrected chi connectivity index (χ0v) is 24.4. The molecule has 4 heterocycles. The number of hydrogen-bond donors (Lipinski definition) is 1. The molecule has 0 saturated carbocycles. The lowest BCUT2D eigenvalue weighted by Gasteiger charge is -2.06. The van der Waals surface area contributed by atoms with Crippen LogP contribution < -0.4 is 9.13 Å². The summed E-state index contributed by atoms with van der Waals surface area (Å²) in [7, 11) is 0. The molecular weight excluding hydrogens is 496 g/mol. The second kappa shape index (κ2) is 16.1. The summed E-state index contributed by atoms with van der Waals surface area (Å²) in [6.45, 7) is 4.22. The van der Waals surface area contributed by atoms with Crippen LogP contribution in [0.2, 0.25) is 0 Å². The van der Waals surface area contributed by atoms with E-state index in [2.05, 4.69) is 106 Å². The van der Waals surface area contributed by atoms with Crippen LogP contribution in [0.4, 0.5) is 0 Å². The molecule has 0 radical (unpaired) electrons.